The van der Waals surface area contributed by atoms with Crippen molar-refractivity contribution >= 4 is 0 Å². The number of rotatable bonds is 8. The van der Waals surface area contributed by atoms with E-state index in [2.05, 4.69) is 15.3 Å². The van der Waals surface area contributed by atoms with Crippen LogP contribution in [0.15, 0.2) is 12.4 Å². The lowest BCUT2D eigenvalue weighted by molar-refractivity contribution is -0.119. The summed E-state index contributed by atoms with van der Waals surface area (Å²) in [5.41, 5.74) is 0. The summed E-state index contributed by atoms with van der Waals surface area (Å²) in [5.74, 6) is 1.03. The maximum absolute atomic E-state index is 5.16. The Morgan fingerprint density at radius 3 is 2.75 bits per heavy atom. The Labute approximate surface area is 96.6 Å². The first-order valence-electron chi connectivity index (χ1n) is 5.55. The molecule has 0 radical (unpaired) electrons. The summed E-state index contributed by atoms with van der Waals surface area (Å²) in [4.78, 5) is 7.25. The van der Waals surface area contributed by atoms with E-state index < -0.39 is 0 Å². The average molecular weight is 227 g/mol. The fourth-order valence-corrected chi connectivity index (χ4v) is 1.62. The van der Waals surface area contributed by atoms with Gasteiger partial charge in [0.25, 0.3) is 0 Å². The summed E-state index contributed by atoms with van der Waals surface area (Å²) < 4.78 is 10.3. The zero-order valence-corrected chi connectivity index (χ0v) is 10.2. The van der Waals surface area contributed by atoms with E-state index in [-0.39, 0.29) is 12.3 Å². The lowest BCUT2D eigenvalue weighted by Gasteiger charge is -2.22. The fourth-order valence-electron chi connectivity index (χ4n) is 1.62. The monoisotopic (exact) mass is 227 g/mol. The number of nitrogens with zero attached hydrogens (tertiary/aromatic N) is 1. The molecule has 0 amide bonds. The second kappa shape index (κ2) is 7.38. The summed E-state index contributed by atoms with van der Waals surface area (Å²) in [7, 11) is 3.30. The van der Waals surface area contributed by atoms with Crippen molar-refractivity contribution in [1.29, 1.82) is 0 Å². The molecule has 0 fully saturated rings. The number of hydrogen-bond donors (Lipinski definition) is 2. The van der Waals surface area contributed by atoms with Crippen molar-refractivity contribution in [3.05, 3.63) is 18.2 Å². The van der Waals surface area contributed by atoms with Crippen LogP contribution in [0.25, 0.3) is 0 Å². The number of aromatic amines is 1. The Balaban J connectivity index is 2.10. The number of aromatic nitrogens is 2. The van der Waals surface area contributed by atoms with Gasteiger partial charge in [0.2, 0.25) is 0 Å². The molecule has 1 aromatic heterocycles. The molecule has 0 aliphatic carbocycles. The summed E-state index contributed by atoms with van der Waals surface area (Å²) in [5, 5.41) is 3.36. The van der Waals surface area contributed by atoms with Gasteiger partial charge in [-0.1, -0.05) is 0 Å². The van der Waals surface area contributed by atoms with Gasteiger partial charge in [0.05, 0.1) is 6.04 Å². The second-order valence-electron chi connectivity index (χ2n) is 3.72. The molecule has 0 spiro atoms. The van der Waals surface area contributed by atoms with Gasteiger partial charge in [0.1, 0.15) is 5.82 Å². The molecule has 0 bridgehead atoms. The molecule has 16 heavy (non-hydrogen) atoms. The van der Waals surface area contributed by atoms with Crippen molar-refractivity contribution < 1.29 is 9.47 Å². The van der Waals surface area contributed by atoms with E-state index >= 15 is 0 Å². The minimum absolute atomic E-state index is 0.187. The third-order valence-corrected chi connectivity index (χ3v) is 2.48. The minimum Gasteiger partial charge on any atom is -0.354 e. The molecule has 0 aliphatic rings. The third-order valence-electron chi connectivity index (χ3n) is 2.48. The SMILES string of the molecule is COC(OC)C(C)NCCCc1ncc[nH]1. The molecular formula is C11H21N3O2. The van der Waals surface area contributed by atoms with Crippen molar-refractivity contribution in [2.75, 3.05) is 20.8 Å². The maximum atomic E-state index is 5.16. The van der Waals surface area contributed by atoms with E-state index in [1.807, 2.05) is 13.1 Å². The summed E-state index contributed by atoms with van der Waals surface area (Å²) >= 11 is 0. The van der Waals surface area contributed by atoms with Crippen LogP contribution in [0.3, 0.4) is 0 Å². The van der Waals surface area contributed by atoms with E-state index in [9.17, 15) is 0 Å². The number of aryl methyl sites for hydroxylation is 1. The van der Waals surface area contributed by atoms with Crippen LogP contribution >= 0.6 is 0 Å². The molecule has 0 saturated heterocycles. The van der Waals surface area contributed by atoms with Crippen LogP contribution in [0.1, 0.15) is 19.2 Å². The normalized spacial score (nSPS) is 13.2. The molecule has 0 aromatic carbocycles. The predicted octanol–water partition coefficient (Wildman–Crippen LogP) is 0.939. The number of methoxy groups -OCH3 is 2. The van der Waals surface area contributed by atoms with Gasteiger partial charge < -0.3 is 19.8 Å². The molecule has 92 valence electrons. The van der Waals surface area contributed by atoms with Gasteiger partial charge in [-0.15, -0.1) is 0 Å². The molecule has 0 saturated carbocycles. The summed E-state index contributed by atoms with van der Waals surface area (Å²) in [6.07, 6.45) is 5.42. The van der Waals surface area contributed by atoms with Crippen LogP contribution in [-0.4, -0.2) is 43.1 Å². The first kappa shape index (κ1) is 13.2. The van der Waals surface area contributed by atoms with Crippen LogP contribution in [0.4, 0.5) is 0 Å². The van der Waals surface area contributed by atoms with Crippen LogP contribution < -0.4 is 5.32 Å². The predicted molar refractivity (Wildman–Crippen MR) is 62.2 cm³/mol. The highest BCUT2D eigenvalue weighted by molar-refractivity contribution is 4.86. The fraction of sp³-hybridized carbons (Fsp3) is 0.727. The summed E-state index contributed by atoms with van der Waals surface area (Å²) in [6, 6.07) is 0.187. The maximum Gasteiger partial charge on any atom is 0.171 e. The Kier molecular flexibility index (Phi) is 6.07. The van der Waals surface area contributed by atoms with Crippen molar-refractivity contribution in [2.45, 2.75) is 32.1 Å². The van der Waals surface area contributed by atoms with Crippen LogP contribution in [-0.2, 0) is 15.9 Å². The Morgan fingerprint density at radius 2 is 2.19 bits per heavy atom. The van der Waals surface area contributed by atoms with Crippen molar-refractivity contribution in [3.63, 3.8) is 0 Å². The molecule has 5 nitrogen and oxygen atoms in total. The first-order chi connectivity index (χ1) is 7.77. The first-order valence-corrected chi connectivity index (χ1v) is 5.55. The highest BCUT2D eigenvalue weighted by Crippen LogP contribution is 1.99. The zero-order chi connectivity index (χ0) is 11.8. The van der Waals surface area contributed by atoms with Gasteiger partial charge >= 0.3 is 0 Å². The highest BCUT2D eigenvalue weighted by Gasteiger charge is 2.14. The van der Waals surface area contributed by atoms with Gasteiger partial charge in [-0.05, 0) is 19.9 Å². The number of nitrogens with one attached hydrogen (secondary N) is 2. The number of hydrogen-bond acceptors (Lipinski definition) is 4. The number of H-pyrrole nitrogens is 1. The van der Waals surface area contributed by atoms with Crippen LogP contribution in [0.2, 0.25) is 0 Å². The van der Waals surface area contributed by atoms with Crippen molar-refractivity contribution in [3.8, 4) is 0 Å². The molecule has 0 aliphatic heterocycles. The zero-order valence-electron chi connectivity index (χ0n) is 10.2. The van der Waals surface area contributed by atoms with Crippen LogP contribution in [0.5, 0.6) is 0 Å². The molecule has 1 rings (SSSR count). The quantitative estimate of drug-likeness (QED) is 0.512. The van der Waals surface area contributed by atoms with Gasteiger partial charge in [0, 0.05) is 33.0 Å². The average Bonchev–Trinajstić information content (AvgIpc) is 2.79. The van der Waals surface area contributed by atoms with E-state index in [1.54, 1.807) is 20.4 Å². The molecule has 1 heterocycles. The number of imidazole rings is 1. The molecule has 5 heteroatoms. The lowest BCUT2D eigenvalue weighted by Crippen LogP contribution is -2.40. The standard InChI is InChI=1S/C11H21N3O2/c1-9(11(15-2)16-3)12-6-4-5-10-13-7-8-14-10/h7-9,11-12H,4-6H2,1-3H3,(H,13,14). The van der Waals surface area contributed by atoms with Gasteiger partial charge in [-0.3, -0.25) is 0 Å². The van der Waals surface area contributed by atoms with Crippen molar-refractivity contribution in [2.24, 2.45) is 0 Å². The van der Waals surface area contributed by atoms with Gasteiger partial charge in [0.15, 0.2) is 6.29 Å². The Hall–Kier alpha value is -0.910. The molecular weight excluding hydrogens is 206 g/mol. The van der Waals surface area contributed by atoms with Gasteiger partial charge in [-0.25, -0.2) is 4.98 Å². The molecule has 1 unspecified atom stereocenters. The smallest absolute Gasteiger partial charge is 0.171 e. The lowest BCUT2D eigenvalue weighted by atomic mass is 10.2. The van der Waals surface area contributed by atoms with E-state index in [0.29, 0.717) is 0 Å². The molecule has 2 N–H and O–H groups in total. The molecule has 1 atom stereocenters. The summed E-state index contributed by atoms with van der Waals surface area (Å²) in [6.45, 7) is 2.97. The second-order valence-corrected chi connectivity index (χ2v) is 3.72. The third kappa shape index (κ3) is 4.30. The topological polar surface area (TPSA) is 59.2 Å². The highest BCUT2D eigenvalue weighted by atomic mass is 16.7. The molecule has 1 aromatic rings. The van der Waals surface area contributed by atoms with Gasteiger partial charge in [-0.2, -0.15) is 0 Å². The van der Waals surface area contributed by atoms with E-state index in [1.165, 1.54) is 0 Å². The Bertz CT molecular complexity index is 260. The minimum atomic E-state index is -0.191. The van der Waals surface area contributed by atoms with Crippen molar-refractivity contribution in [1.82, 2.24) is 15.3 Å². The number of ether oxygens (including phenoxy) is 2. The Morgan fingerprint density at radius 1 is 1.44 bits per heavy atom. The van der Waals surface area contributed by atoms with Crippen LogP contribution in [0, 0.1) is 0 Å². The van der Waals surface area contributed by atoms with E-state index in [4.69, 9.17) is 9.47 Å². The largest absolute Gasteiger partial charge is 0.354 e. The van der Waals surface area contributed by atoms with E-state index in [0.717, 1.165) is 25.2 Å².